The molecule has 0 aliphatic rings. The topological polar surface area (TPSA) is 107 Å². The molecule has 0 aliphatic heterocycles. The van der Waals surface area contributed by atoms with Gasteiger partial charge < -0.3 is 9.40 Å². The average Bonchev–Trinajstić information content (AvgIpc) is 3.09. The summed E-state index contributed by atoms with van der Waals surface area (Å²) < 4.78 is 6.69. The van der Waals surface area contributed by atoms with E-state index in [1.165, 1.54) is 17.8 Å². The van der Waals surface area contributed by atoms with Gasteiger partial charge in [0.15, 0.2) is 0 Å². The fourth-order valence-electron chi connectivity index (χ4n) is 2.36. The van der Waals surface area contributed by atoms with Gasteiger partial charge in [0.05, 0.1) is 12.1 Å². The molecule has 0 saturated carbocycles. The molecule has 8 nitrogen and oxygen atoms in total. The smallest absolute Gasteiger partial charge is 0.328 e. The summed E-state index contributed by atoms with van der Waals surface area (Å²) in [5.74, 6) is 0.915. The number of allylic oxidation sites excluding steroid dienone is 1. The lowest BCUT2D eigenvalue weighted by atomic mass is 10.1. The van der Waals surface area contributed by atoms with Gasteiger partial charge in [-0.15, -0.1) is 16.8 Å². The standard InChI is InChI=1S/C17H17N5O3S/c1-3-8-22-15(23)13(11(2)19-16(22)24)9-14-20-21-17(25-14)26-10-12-6-4-5-7-18-12/h3-7H,1,8-10H2,2H3,(H,19,24). The van der Waals surface area contributed by atoms with Crippen LogP contribution in [0.1, 0.15) is 22.8 Å². The molecule has 3 aromatic heterocycles. The Morgan fingerprint density at radius 3 is 2.92 bits per heavy atom. The number of thioether (sulfide) groups is 1. The summed E-state index contributed by atoms with van der Waals surface area (Å²) in [5.41, 5.74) is 0.957. The van der Waals surface area contributed by atoms with Gasteiger partial charge in [-0.25, -0.2) is 4.79 Å². The lowest BCUT2D eigenvalue weighted by molar-refractivity contribution is 0.419. The van der Waals surface area contributed by atoms with Crippen molar-refractivity contribution in [2.45, 2.75) is 30.9 Å². The maximum absolute atomic E-state index is 12.5. The molecule has 3 rings (SSSR count). The number of H-pyrrole nitrogens is 1. The van der Waals surface area contributed by atoms with Crippen LogP contribution in [0, 0.1) is 6.92 Å². The maximum Gasteiger partial charge on any atom is 0.328 e. The van der Waals surface area contributed by atoms with Crippen LogP contribution in [0.3, 0.4) is 0 Å². The van der Waals surface area contributed by atoms with Gasteiger partial charge in [-0.05, 0) is 19.1 Å². The van der Waals surface area contributed by atoms with Crippen LogP contribution in [0.15, 0.2) is 56.3 Å². The number of aromatic nitrogens is 5. The monoisotopic (exact) mass is 371 g/mol. The first-order valence-corrected chi connectivity index (χ1v) is 8.85. The zero-order valence-electron chi connectivity index (χ0n) is 14.1. The van der Waals surface area contributed by atoms with Crippen LogP contribution in [0.5, 0.6) is 0 Å². The highest BCUT2D eigenvalue weighted by Crippen LogP contribution is 2.21. The second-order valence-electron chi connectivity index (χ2n) is 5.49. The molecule has 1 N–H and O–H groups in total. The molecule has 0 fully saturated rings. The van der Waals surface area contributed by atoms with E-state index in [9.17, 15) is 9.59 Å². The molecule has 3 heterocycles. The molecule has 0 unspecified atom stereocenters. The summed E-state index contributed by atoms with van der Waals surface area (Å²) in [6, 6.07) is 5.68. The predicted octanol–water partition coefficient (Wildman–Crippen LogP) is 1.69. The molecular weight excluding hydrogens is 354 g/mol. The number of hydrogen-bond acceptors (Lipinski definition) is 7. The minimum Gasteiger partial charge on any atom is -0.416 e. The summed E-state index contributed by atoms with van der Waals surface area (Å²) in [4.78, 5) is 31.3. The Kier molecular flexibility index (Phi) is 5.47. The number of nitrogens with zero attached hydrogens (tertiary/aromatic N) is 4. The first-order chi connectivity index (χ1) is 12.6. The molecule has 0 aliphatic carbocycles. The van der Waals surface area contributed by atoms with Crippen molar-refractivity contribution < 1.29 is 4.42 Å². The number of aryl methyl sites for hydroxylation is 1. The first-order valence-electron chi connectivity index (χ1n) is 7.87. The second kappa shape index (κ2) is 7.96. The SMILES string of the molecule is C=CCn1c(=O)[nH]c(C)c(Cc2nnc(SCc3ccccn3)o2)c1=O. The van der Waals surface area contributed by atoms with Crippen molar-refractivity contribution in [3.8, 4) is 0 Å². The lowest BCUT2D eigenvalue weighted by Crippen LogP contribution is -2.37. The summed E-state index contributed by atoms with van der Waals surface area (Å²) in [5, 5.41) is 8.37. The predicted molar refractivity (Wildman–Crippen MR) is 97.2 cm³/mol. The van der Waals surface area contributed by atoms with E-state index < -0.39 is 5.69 Å². The first kappa shape index (κ1) is 17.9. The minimum atomic E-state index is -0.465. The van der Waals surface area contributed by atoms with E-state index in [0.717, 1.165) is 10.3 Å². The number of aromatic amines is 1. The van der Waals surface area contributed by atoms with Crippen LogP contribution in [0.25, 0.3) is 0 Å². The van der Waals surface area contributed by atoms with Crippen LogP contribution in [-0.4, -0.2) is 24.7 Å². The fourth-order valence-corrected chi connectivity index (χ4v) is 3.06. The lowest BCUT2D eigenvalue weighted by Gasteiger charge is -2.06. The fraction of sp³-hybridized carbons (Fsp3) is 0.235. The number of hydrogen-bond donors (Lipinski definition) is 1. The zero-order chi connectivity index (χ0) is 18.5. The number of nitrogens with one attached hydrogen (secondary N) is 1. The number of rotatable bonds is 7. The third-order valence-corrected chi connectivity index (χ3v) is 4.51. The van der Waals surface area contributed by atoms with E-state index in [4.69, 9.17) is 4.42 Å². The molecule has 0 saturated heterocycles. The summed E-state index contributed by atoms with van der Waals surface area (Å²) in [6.07, 6.45) is 3.37. The highest BCUT2D eigenvalue weighted by Gasteiger charge is 2.15. The Balaban J connectivity index is 1.77. The number of pyridine rings is 1. The normalized spacial score (nSPS) is 10.8. The molecule has 0 bridgehead atoms. The van der Waals surface area contributed by atoms with E-state index in [2.05, 4.69) is 26.7 Å². The van der Waals surface area contributed by atoms with Crippen molar-refractivity contribution in [3.05, 3.63) is 80.7 Å². The quantitative estimate of drug-likeness (QED) is 0.497. The van der Waals surface area contributed by atoms with Crippen molar-refractivity contribution in [2.24, 2.45) is 0 Å². The minimum absolute atomic E-state index is 0.135. The van der Waals surface area contributed by atoms with Crippen molar-refractivity contribution in [1.29, 1.82) is 0 Å². The zero-order valence-corrected chi connectivity index (χ0v) is 15.0. The van der Waals surface area contributed by atoms with E-state index in [1.54, 1.807) is 13.1 Å². The Morgan fingerprint density at radius 1 is 1.35 bits per heavy atom. The third kappa shape index (κ3) is 3.99. The van der Waals surface area contributed by atoms with E-state index >= 15 is 0 Å². The van der Waals surface area contributed by atoms with Gasteiger partial charge in [0.25, 0.3) is 10.8 Å². The third-order valence-electron chi connectivity index (χ3n) is 3.65. The molecule has 0 spiro atoms. The molecule has 9 heteroatoms. The van der Waals surface area contributed by atoms with Crippen LogP contribution < -0.4 is 11.2 Å². The van der Waals surface area contributed by atoms with Gasteiger partial charge in [-0.1, -0.05) is 23.9 Å². The maximum atomic E-state index is 12.5. The van der Waals surface area contributed by atoms with Gasteiger partial charge >= 0.3 is 5.69 Å². The van der Waals surface area contributed by atoms with Crippen LogP contribution in [0.2, 0.25) is 0 Å². The van der Waals surface area contributed by atoms with Crippen LogP contribution in [-0.2, 0) is 18.7 Å². The molecule has 0 aromatic carbocycles. The molecule has 0 amide bonds. The van der Waals surface area contributed by atoms with Crippen molar-refractivity contribution in [2.75, 3.05) is 0 Å². The Labute approximate surface area is 153 Å². The van der Waals surface area contributed by atoms with Gasteiger partial charge in [0.1, 0.15) is 0 Å². The Morgan fingerprint density at radius 2 is 2.19 bits per heavy atom. The van der Waals surface area contributed by atoms with Gasteiger partial charge in [-0.3, -0.25) is 14.3 Å². The molecule has 0 atom stereocenters. The largest absolute Gasteiger partial charge is 0.416 e. The van der Waals surface area contributed by atoms with E-state index in [0.29, 0.717) is 28.1 Å². The van der Waals surface area contributed by atoms with Crippen LogP contribution in [0.4, 0.5) is 0 Å². The second-order valence-corrected chi connectivity index (χ2v) is 6.41. The van der Waals surface area contributed by atoms with Gasteiger partial charge in [0.2, 0.25) is 5.89 Å². The molecule has 134 valence electrons. The Hall–Kier alpha value is -2.94. The molecule has 3 aromatic rings. The van der Waals surface area contributed by atoms with Crippen molar-refractivity contribution in [1.82, 2.24) is 24.7 Å². The van der Waals surface area contributed by atoms with Gasteiger partial charge in [-0.2, -0.15) is 0 Å². The average molecular weight is 371 g/mol. The van der Waals surface area contributed by atoms with E-state index in [1.807, 2.05) is 18.2 Å². The summed E-state index contributed by atoms with van der Waals surface area (Å²) in [6.45, 7) is 5.37. The molecule has 0 radical (unpaired) electrons. The van der Waals surface area contributed by atoms with Gasteiger partial charge in [0, 0.05) is 29.8 Å². The molecular formula is C17H17N5O3S. The highest BCUT2D eigenvalue weighted by atomic mass is 32.2. The summed E-state index contributed by atoms with van der Waals surface area (Å²) >= 11 is 1.37. The van der Waals surface area contributed by atoms with Crippen LogP contribution >= 0.6 is 11.8 Å². The van der Waals surface area contributed by atoms with Crippen molar-refractivity contribution >= 4 is 11.8 Å². The Bertz CT molecular complexity index is 1020. The molecule has 26 heavy (non-hydrogen) atoms. The van der Waals surface area contributed by atoms with E-state index in [-0.39, 0.29) is 18.5 Å². The highest BCUT2D eigenvalue weighted by molar-refractivity contribution is 7.98. The van der Waals surface area contributed by atoms with Crippen molar-refractivity contribution in [3.63, 3.8) is 0 Å². The summed E-state index contributed by atoms with van der Waals surface area (Å²) in [7, 11) is 0.